The minimum Gasteiger partial charge on any atom is -0.469 e. The van der Waals surface area contributed by atoms with Gasteiger partial charge in [0.05, 0.1) is 13.2 Å². The maximum atomic E-state index is 11.4. The Bertz CT molecular complexity index is 671. The second-order valence-electron chi connectivity index (χ2n) is 8.53. The monoisotopic (exact) mass is 414 g/mol. The van der Waals surface area contributed by atoms with Gasteiger partial charge in [-0.05, 0) is 62.0 Å². The van der Waals surface area contributed by atoms with Gasteiger partial charge in [-0.3, -0.25) is 9.59 Å². The van der Waals surface area contributed by atoms with Crippen molar-refractivity contribution in [3.8, 4) is 0 Å². The molecule has 1 aromatic carbocycles. The lowest BCUT2D eigenvalue weighted by Crippen LogP contribution is -2.15. The van der Waals surface area contributed by atoms with E-state index in [2.05, 4.69) is 29.0 Å². The number of methoxy groups -OCH3 is 1. The van der Waals surface area contributed by atoms with Gasteiger partial charge in [-0.15, -0.1) is 0 Å². The van der Waals surface area contributed by atoms with Crippen LogP contribution < -0.4 is 0 Å². The van der Waals surface area contributed by atoms with Crippen LogP contribution in [0.2, 0.25) is 0 Å². The molecule has 0 saturated heterocycles. The highest BCUT2D eigenvalue weighted by atomic mass is 16.5. The molecule has 166 valence electrons. The SMILES string of the molecule is C/C=C\CCCC(=O)OC.O=C1CCC(c2ccc(C(O)C3CCCCC3)cc2)C1. The summed E-state index contributed by atoms with van der Waals surface area (Å²) < 4.78 is 4.47. The Morgan fingerprint density at radius 3 is 2.43 bits per heavy atom. The van der Waals surface area contributed by atoms with Gasteiger partial charge in [0.25, 0.3) is 0 Å². The van der Waals surface area contributed by atoms with Crippen LogP contribution in [-0.2, 0) is 14.3 Å². The van der Waals surface area contributed by atoms with Gasteiger partial charge in [-0.1, -0.05) is 55.7 Å². The molecule has 1 N–H and O–H groups in total. The molecule has 1 aromatic rings. The zero-order valence-electron chi connectivity index (χ0n) is 18.6. The Morgan fingerprint density at radius 2 is 1.87 bits per heavy atom. The average molecular weight is 415 g/mol. The highest BCUT2D eigenvalue weighted by molar-refractivity contribution is 5.81. The van der Waals surface area contributed by atoms with Crippen LogP contribution in [0, 0.1) is 5.92 Å². The molecular weight excluding hydrogens is 376 g/mol. The van der Waals surface area contributed by atoms with E-state index >= 15 is 0 Å². The number of esters is 1. The van der Waals surface area contributed by atoms with Gasteiger partial charge in [0, 0.05) is 19.3 Å². The topological polar surface area (TPSA) is 63.6 Å². The number of ether oxygens (including phenoxy) is 1. The molecule has 0 spiro atoms. The molecule has 2 saturated carbocycles. The predicted octanol–water partition coefficient (Wildman–Crippen LogP) is 6.04. The number of carbonyl (C=O) groups is 2. The summed E-state index contributed by atoms with van der Waals surface area (Å²) in [6, 6.07) is 8.37. The highest BCUT2D eigenvalue weighted by Crippen LogP contribution is 2.36. The van der Waals surface area contributed by atoms with E-state index in [9.17, 15) is 14.7 Å². The highest BCUT2D eigenvalue weighted by Gasteiger charge is 2.25. The Kier molecular flexibility index (Phi) is 10.9. The van der Waals surface area contributed by atoms with E-state index in [1.54, 1.807) is 0 Å². The summed E-state index contributed by atoms with van der Waals surface area (Å²) in [5.41, 5.74) is 2.31. The molecule has 0 aromatic heterocycles. The van der Waals surface area contributed by atoms with E-state index in [1.807, 2.05) is 19.1 Å². The van der Waals surface area contributed by atoms with Gasteiger partial charge >= 0.3 is 5.97 Å². The van der Waals surface area contributed by atoms with Crippen molar-refractivity contribution in [1.29, 1.82) is 0 Å². The number of hydrogen-bond acceptors (Lipinski definition) is 4. The van der Waals surface area contributed by atoms with Crippen molar-refractivity contribution in [2.24, 2.45) is 5.92 Å². The normalized spacial score (nSPS) is 20.6. The first-order valence-corrected chi connectivity index (χ1v) is 11.5. The summed E-state index contributed by atoms with van der Waals surface area (Å²) in [6.07, 6.45) is 14.6. The molecular formula is C26H38O4. The molecule has 0 amide bonds. The van der Waals surface area contributed by atoms with Crippen LogP contribution in [-0.4, -0.2) is 24.0 Å². The fourth-order valence-electron chi connectivity index (χ4n) is 4.42. The number of allylic oxidation sites excluding steroid dienone is 2. The van der Waals surface area contributed by atoms with Crippen molar-refractivity contribution >= 4 is 11.8 Å². The van der Waals surface area contributed by atoms with E-state index < -0.39 is 0 Å². The number of aliphatic hydroxyl groups excluding tert-OH is 1. The van der Waals surface area contributed by atoms with Gasteiger partial charge < -0.3 is 9.84 Å². The molecule has 2 aliphatic carbocycles. The van der Waals surface area contributed by atoms with Gasteiger partial charge in [-0.25, -0.2) is 0 Å². The fourth-order valence-corrected chi connectivity index (χ4v) is 4.42. The van der Waals surface area contributed by atoms with Gasteiger partial charge in [0.15, 0.2) is 0 Å². The molecule has 30 heavy (non-hydrogen) atoms. The van der Waals surface area contributed by atoms with Crippen LogP contribution in [0.1, 0.15) is 101 Å². The van der Waals surface area contributed by atoms with Crippen LogP contribution in [0.25, 0.3) is 0 Å². The number of hydrogen-bond donors (Lipinski definition) is 1. The third kappa shape index (κ3) is 8.06. The van der Waals surface area contributed by atoms with Crippen LogP contribution in [0.15, 0.2) is 36.4 Å². The third-order valence-electron chi connectivity index (χ3n) is 6.31. The average Bonchev–Trinajstić information content (AvgIpc) is 3.23. The summed E-state index contributed by atoms with van der Waals surface area (Å²) in [7, 11) is 1.41. The molecule has 0 radical (unpaired) electrons. The van der Waals surface area contributed by atoms with Crippen LogP contribution in [0.4, 0.5) is 0 Å². The fraction of sp³-hybridized carbons (Fsp3) is 0.615. The van der Waals surface area contributed by atoms with Crippen LogP contribution in [0.3, 0.4) is 0 Å². The lowest BCUT2D eigenvalue weighted by Gasteiger charge is -2.27. The number of carbonyl (C=O) groups excluding carboxylic acids is 2. The molecule has 4 nitrogen and oxygen atoms in total. The Morgan fingerprint density at radius 1 is 1.17 bits per heavy atom. The largest absolute Gasteiger partial charge is 0.469 e. The number of aliphatic hydroxyl groups is 1. The first-order valence-electron chi connectivity index (χ1n) is 11.5. The van der Waals surface area contributed by atoms with Gasteiger partial charge in [0.2, 0.25) is 0 Å². The molecule has 3 rings (SSSR count). The second-order valence-corrected chi connectivity index (χ2v) is 8.53. The summed E-state index contributed by atoms with van der Waals surface area (Å²) in [5.74, 6) is 1.11. The summed E-state index contributed by atoms with van der Waals surface area (Å²) in [6.45, 7) is 1.97. The molecule has 2 aliphatic rings. The van der Waals surface area contributed by atoms with Crippen molar-refractivity contribution in [1.82, 2.24) is 0 Å². The van der Waals surface area contributed by atoms with Crippen LogP contribution in [0.5, 0.6) is 0 Å². The number of rotatable bonds is 7. The van der Waals surface area contributed by atoms with Gasteiger partial charge in [0.1, 0.15) is 5.78 Å². The van der Waals surface area contributed by atoms with Crippen molar-refractivity contribution in [3.63, 3.8) is 0 Å². The van der Waals surface area contributed by atoms with E-state index in [4.69, 9.17) is 0 Å². The zero-order chi connectivity index (χ0) is 21.8. The van der Waals surface area contributed by atoms with E-state index in [0.717, 1.165) is 44.1 Å². The molecule has 0 aliphatic heterocycles. The maximum Gasteiger partial charge on any atom is 0.305 e. The second kappa shape index (κ2) is 13.4. The summed E-state index contributed by atoms with van der Waals surface area (Å²) in [4.78, 5) is 21.9. The number of ketones is 1. The van der Waals surface area contributed by atoms with Crippen molar-refractivity contribution in [3.05, 3.63) is 47.5 Å². The molecule has 2 atom stereocenters. The minimum absolute atomic E-state index is 0.121. The smallest absolute Gasteiger partial charge is 0.305 e. The number of benzene rings is 1. The predicted molar refractivity (Wildman–Crippen MR) is 120 cm³/mol. The molecule has 2 fully saturated rings. The maximum absolute atomic E-state index is 11.4. The lowest BCUT2D eigenvalue weighted by molar-refractivity contribution is -0.140. The van der Waals surface area contributed by atoms with Gasteiger partial charge in [-0.2, -0.15) is 0 Å². The molecule has 2 unspecified atom stereocenters. The van der Waals surface area contributed by atoms with Crippen molar-refractivity contribution in [2.75, 3.05) is 7.11 Å². The molecule has 0 heterocycles. The third-order valence-corrected chi connectivity index (χ3v) is 6.31. The number of Topliss-reactive ketones (excluding diaryl/α,β-unsaturated/α-hetero) is 1. The Balaban J connectivity index is 0.000000274. The quantitative estimate of drug-likeness (QED) is 0.335. The first-order chi connectivity index (χ1) is 14.5. The van der Waals surface area contributed by atoms with Crippen molar-refractivity contribution < 1.29 is 19.4 Å². The van der Waals surface area contributed by atoms with Crippen LogP contribution >= 0.6 is 0 Å². The molecule has 0 bridgehead atoms. The van der Waals surface area contributed by atoms with E-state index in [-0.39, 0.29) is 12.1 Å². The first kappa shape index (κ1) is 24.3. The minimum atomic E-state index is -0.311. The molecule has 4 heteroatoms. The van der Waals surface area contributed by atoms with E-state index in [0.29, 0.717) is 30.5 Å². The lowest BCUT2D eigenvalue weighted by atomic mass is 9.82. The Hall–Kier alpha value is -1.94. The number of unbranched alkanes of at least 4 members (excludes halogenated alkanes) is 1. The summed E-state index contributed by atoms with van der Waals surface area (Å²) >= 11 is 0. The standard InChI is InChI=1S/C18H24O2.C8H14O2/c19-17-11-10-16(12-17)13-6-8-15(9-7-13)18(20)14-4-2-1-3-5-14;1-3-4-5-6-7-8(9)10-2/h6-9,14,16,18,20H,1-5,10-12H2;3-4H,5-7H2,1-2H3/b;4-3-. The van der Waals surface area contributed by atoms with Crippen molar-refractivity contribution in [2.45, 2.75) is 89.6 Å². The summed E-state index contributed by atoms with van der Waals surface area (Å²) in [5, 5.41) is 10.5. The van der Waals surface area contributed by atoms with E-state index in [1.165, 1.54) is 31.9 Å². The Labute approximate surface area is 181 Å². The zero-order valence-corrected chi connectivity index (χ0v) is 18.6.